The molecular weight excluding hydrogens is 122 g/mol. The first-order chi connectivity index (χ1) is 4.10. The van der Waals surface area contributed by atoms with E-state index in [4.69, 9.17) is 15.9 Å². The van der Waals surface area contributed by atoms with Crippen LogP contribution in [0, 0.1) is 0 Å². The predicted octanol–water partition coefficient (Wildman–Crippen LogP) is -1.94. The Bertz CT molecular complexity index is 173. The van der Waals surface area contributed by atoms with Crippen LogP contribution in [0.2, 0.25) is 0 Å². The van der Waals surface area contributed by atoms with Gasteiger partial charge in [-0.15, -0.1) is 0 Å². The Morgan fingerprint density at radius 2 is 2.33 bits per heavy atom. The molecule has 0 saturated heterocycles. The second-order valence-corrected chi connectivity index (χ2v) is 1.65. The molecule has 1 aliphatic heterocycles. The Morgan fingerprint density at radius 1 is 1.67 bits per heavy atom. The molecule has 5 N–H and O–H groups in total. The van der Waals surface area contributed by atoms with Crippen LogP contribution < -0.4 is 11.1 Å². The summed E-state index contributed by atoms with van der Waals surface area (Å²) in [4.78, 5) is 3.22. The first kappa shape index (κ1) is 6.06. The maximum absolute atomic E-state index is 8.67. The van der Waals surface area contributed by atoms with E-state index in [0.717, 1.165) is 0 Å². The summed E-state index contributed by atoms with van der Waals surface area (Å²) < 4.78 is 0. The third-order valence-electron chi connectivity index (χ3n) is 0.816. The molecule has 5 nitrogen and oxygen atoms in total. The smallest absolute Gasteiger partial charge is 0.354 e. The van der Waals surface area contributed by atoms with Crippen molar-refractivity contribution in [2.24, 2.45) is 10.7 Å². The summed E-state index contributed by atoms with van der Waals surface area (Å²) in [5.41, 5.74) is 5.11. The van der Waals surface area contributed by atoms with Crippen molar-refractivity contribution in [1.82, 2.24) is 5.32 Å². The Kier molecular flexibility index (Phi) is 1.15. The second kappa shape index (κ2) is 1.71. The molecule has 0 unspecified atom stereocenters. The molecule has 1 rings (SSSR count). The molecule has 0 saturated carbocycles. The third-order valence-corrected chi connectivity index (χ3v) is 0.816. The molecule has 0 aromatic heterocycles. The largest absolute Gasteiger partial charge is 0.384 e. The molecule has 0 bridgehead atoms. The molecule has 1 aliphatic rings. The van der Waals surface area contributed by atoms with E-state index in [-0.39, 0.29) is 5.84 Å². The fraction of sp³-hybridized carbons (Fsp3) is 0.250. The molecule has 0 aromatic rings. The quantitative estimate of drug-likeness (QED) is 0.286. The number of nitrogens with zero attached hydrogens (tertiary/aromatic N) is 1. The summed E-state index contributed by atoms with van der Waals surface area (Å²) in [6.07, 6.45) is 2.73. The number of hydrogen-bond acceptors (Lipinski definition) is 5. The van der Waals surface area contributed by atoms with Gasteiger partial charge in [0.15, 0.2) is 0 Å². The summed E-state index contributed by atoms with van der Waals surface area (Å²) in [5, 5.41) is 19.5. The molecule has 1 heterocycles. The molecule has 0 amide bonds. The lowest BCUT2D eigenvalue weighted by molar-refractivity contribution is -0.169. The van der Waals surface area contributed by atoms with E-state index >= 15 is 0 Å². The Labute approximate surface area is 51.5 Å². The number of aliphatic hydroxyl groups is 2. The highest BCUT2D eigenvalue weighted by Crippen LogP contribution is 1.99. The first-order valence-electron chi connectivity index (χ1n) is 2.34. The minimum Gasteiger partial charge on any atom is -0.384 e. The number of nitrogens with one attached hydrogen (secondary N) is 1. The van der Waals surface area contributed by atoms with E-state index in [2.05, 4.69) is 10.3 Å². The highest BCUT2D eigenvalue weighted by molar-refractivity contribution is 5.91. The molecule has 0 fully saturated rings. The lowest BCUT2D eigenvalue weighted by Gasteiger charge is -2.19. The molecule has 0 radical (unpaired) electrons. The Hall–Kier alpha value is -1.07. The van der Waals surface area contributed by atoms with Crippen molar-refractivity contribution in [1.29, 1.82) is 0 Å². The van der Waals surface area contributed by atoms with Crippen LogP contribution in [-0.4, -0.2) is 22.1 Å². The fourth-order valence-corrected chi connectivity index (χ4v) is 0.488. The van der Waals surface area contributed by atoms with Crippen LogP contribution in [0.15, 0.2) is 17.3 Å². The van der Waals surface area contributed by atoms with Gasteiger partial charge in [0.1, 0.15) is 5.84 Å². The van der Waals surface area contributed by atoms with Crippen LogP contribution >= 0.6 is 0 Å². The van der Waals surface area contributed by atoms with Crippen LogP contribution in [0.1, 0.15) is 0 Å². The van der Waals surface area contributed by atoms with E-state index in [0.29, 0.717) is 0 Å². The maximum atomic E-state index is 8.67. The van der Waals surface area contributed by atoms with Gasteiger partial charge in [0, 0.05) is 6.20 Å². The fourth-order valence-electron chi connectivity index (χ4n) is 0.488. The second-order valence-electron chi connectivity index (χ2n) is 1.65. The zero-order chi connectivity index (χ0) is 6.91. The van der Waals surface area contributed by atoms with E-state index < -0.39 is 6.03 Å². The van der Waals surface area contributed by atoms with E-state index in [1.807, 2.05) is 0 Å². The number of aliphatic imine (C=N–C) groups is 1. The van der Waals surface area contributed by atoms with Gasteiger partial charge < -0.3 is 21.3 Å². The molecule has 0 atom stereocenters. The van der Waals surface area contributed by atoms with Gasteiger partial charge in [0.25, 0.3) is 0 Å². The summed E-state index contributed by atoms with van der Waals surface area (Å²) in [6, 6.07) is -2.22. The summed E-state index contributed by atoms with van der Waals surface area (Å²) in [5.74, 6) is 0.0822. The minimum absolute atomic E-state index is 0.0822. The van der Waals surface area contributed by atoms with Crippen molar-refractivity contribution in [2.45, 2.75) is 6.03 Å². The van der Waals surface area contributed by atoms with Crippen molar-refractivity contribution in [3.8, 4) is 0 Å². The van der Waals surface area contributed by atoms with Crippen molar-refractivity contribution in [3.05, 3.63) is 12.3 Å². The predicted molar refractivity (Wildman–Crippen MR) is 31.1 cm³/mol. The standard InChI is InChI=1S/C4H7N3O2/c5-3-1-2-6-4(8,9)7-3/h1-2,6,8-9H,(H2,5,7). The average Bonchev–Trinajstić information content (AvgIpc) is 1.60. The van der Waals surface area contributed by atoms with Gasteiger partial charge >= 0.3 is 6.03 Å². The normalized spacial score (nSPS) is 22.7. The molecule has 50 valence electrons. The highest BCUT2D eigenvalue weighted by atomic mass is 16.5. The number of amidine groups is 1. The van der Waals surface area contributed by atoms with Gasteiger partial charge in [-0.1, -0.05) is 0 Å². The molecular formula is C4H7N3O2. The van der Waals surface area contributed by atoms with Crippen LogP contribution in [0.5, 0.6) is 0 Å². The Balaban J connectivity index is 2.78. The lowest BCUT2D eigenvalue weighted by atomic mass is 10.5. The topological polar surface area (TPSA) is 90.9 Å². The molecule has 9 heavy (non-hydrogen) atoms. The molecule has 0 aliphatic carbocycles. The van der Waals surface area contributed by atoms with Gasteiger partial charge in [-0.2, -0.15) is 4.99 Å². The van der Waals surface area contributed by atoms with Crippen molar-refractivity contribution in [3.63, 3.8) is 0 Å². The van der Waals surface area contributed by atoms with Crippen LogP contribution in [0.25, 0.3) is 0 Å². The first-order valence-corrected chi connectivity index (χ1v) is 2.34. The number of nitrogens with two attached hydrogens (primary N) is 1. The molecule has 5 heteroatoms. The highest BCUT2D eigenvalue weighted by Gasteiger charge is 2.21. The molecule has 0 spiro atoms. The zero-order valence-corrected chi connectivity index (χ0v) is 4.57. The monoisotopic (exact) mass is 129 g/mol. The zero-order valence-electron chi connectivity index (χ0n) is 4.57. The van der Waals surface area contributed by atoms with Crippen LogP contribution in [-0.2, 0) is 0 Å². The van der Waals surface area contributed by atoms with Crippen LogP contribution in [0.4, 0.5) is 0 Å². The van der Waals surface area contributed by atoms with Crippen molar-refractivity contribution < 1.29 is 10.2 Å². The maximum Gasteiger partial charge on any atom is 0.354 e. The van der Waals surface area contributed by atoms with Crippen molar-refractivity contribution >= 4 is 5.84 Å². The van der Waals surface area contributed by atoms with Gasteiger partial charge in [-0.05, 0) is 6.08 Å². The summed E-state index contributed by atoms with van der Waals surface area (Å²) in [7, 11) is 0. The summed E-state index contributed by atoms with van der Waals surface area (Å²) in [6.45, 7) is 0. The van der Waals surface area contributed by atoms with Gasteiger partial charge in [-0.25, -0.2) is 0 Å². The minimum atomic E-state index is -2.22. The molecule has 0 aromatic carbocycles. The van der Waals surface area contributed by atoms with Gasteiger partial charge in [0.05, 0.1) is 0 Å². The average molecular weight is 129 g/mol. The Morgan fingerprint density at radius 3 is 2.67 bits per heavy atom. The van der Waals surface area contributed by atoms with E-state index in [1.165, 1.54) is 12.3 Å². The van der Waals surface area contributed by atoms with E-state index in [9.17, 15) is 0 Å². The number of rotatable bonds is 0. The van der Waals surface area contributed by atoms with Crippen LogP contribution in [0.3, 0.4) is 0 Å². The lowest BCUT2D eigenvalue weighted by Crippen LogP contribution is -2.43. The van der Waals surface area contributed by atoms with Gasteiger partial charge in [0.2, 0.25) is 0 Å². The summed E-state index contributed by atoms with van der Waals surface area (Å²) >= 11 is 0. The number of hydrogen-bond donors (Lipinski definition) is 4. The van der Waals surface area contributed by atoms with Crippen molar-refractivity contribution in [2.75, 3.05) is 0 Å². The van der Waals surface area contributed by atoms with E-state index in [1.54, 1.807) is 0 Å². The van der Waals surface area contributed by atoms with Gasteiger partial charge in [-0.3, -0.25) is 0 Å². The SMILES string of the molecule is NC1=NC(O)(O)NC=C1. The third kappa shape index (κ3) is 1.41.